The lowest BCUT2D eigenvalue weighted by molar-refractivity contribution is -0.120. The van der Waals surface area contributed by atoms with Crippen LogP contribution in [0.3, 0.4) is 0 Å². The molecule has 0 aliphatic carbocycles. The summed E-state index contributed by atoms with van der Waals surface area (Å²) in [5.74, 6) is 1.48. The Morgan fingerprint density at radius 2 is 1.88 bits per heavy atom. The SMILES string of the molecule is Cc1sc2nc(CSCC(=O)NC(C)(C)CC(C)(C)C)[nH]c(=O)c2c1C. The van der Waals surface area contributed by atoms with E-state index in [1.165, 1.54) is 11.8 Å². The van der Waals surface area contributed by atoms with E-state index in [0.29, 0.717) is 22.7 Å². The Labute approximate surface area is 163 Å². The molecule has 26 heavy (non-hydrogen) atoms. The topological polar surface area (TPSA) is 74.8 Å². The van der Waals surface area contributed by atoms with E-state index in [0.717, 1.165) is 21.7 Å². The van der Waals surface area contributed by atoms with Gasteiger partial charge in [0, 0.05) is 10.4 Å². The van der Waals surface area contributed by atoms with Crippen LogP contribution >= 0.6 is 23.1 Å². The van der Waals surface area contributed by atoms with Gasteiger partial charge in [-0.1, -0.05) is 20.8 Å². The predicted octanol–water partition coefficient (Wildman–Crippen LogP) is 4.17. The van der Waals surface area contributed by atoms with Gasteiger partial charge in [-0.15, -0.1) is 23.1 Å². The third kappa shape index (κ3) is 5.58. The van der Waals surface area contributed by atoms with Crippen LogP contribution in [0.5, 0.6) is 0 Å². The van der Waals surface area contributed by atoms with Gasteiger partial charge in [-0.2, -0.15) is 0 Å². The summed E-state index contributed by atoms with van der Waals surface area (Å²) in [6.45, 7) is 14.6. The standard InChI is InChI=1S/C19H29N3O2S2/c1-11-12(2)26-17-15(11)16(24)20-13(21-17)8-25-9-14(23)22-19(6,7)10-18(3,4)5/h8-10H2,1-7H3,(H,22,23)(H,20,21,24). The molecule has 2 heterocycles. The van der Waals surface area contributed by atoms with E-state index in [1.807, 2.05) is 13.8 Å². The number of aromatic nitrogens is 2. The summed E-state index contributed by atoms with van der Waals surface area (Å²) >= 11 is 3.00. The minimum absolute atomic E-state index is 0.00971. The highest BCUT2D eigenvalue weighted by molar-refractivity contribution is 7.99. The number of amides is 1. The van der Waals surface area contributed by atoms with Crippen LogP contribution in [0.15, 0.2) is 4.79 Å². The highest BCUT2D eigenvalue weighted by Gasteiger charge is 2.26. The summed E-state index contributed by atoms with van der Waals surface area (Å²) in [5.41, 5.74) is 0.814. The van der Waals surface area contributed by atoms with Gasteiger partial charge in [0.25, 0.3) is 5.56 Å². The summed E-state index contributed by atoms with van der Waals surface area (Å²) in [5, 5.41) is 3.78. The Bertz CT molecular complexity index is 860. The first-order valence-corrected chi connectivity index (χ1v) is 10.7. The zero-order chi connectivity index (χ0) is 19.7. The molecule has 0 radical (unpaired) electrons. The van der Waals surface area contributed by atoms with Crippen LogP contribution in [-0.2, 0) is 10.5 Å². The molecular weight excluding hydrogens is 366 g/mol. The van der Waals surface area contributed by atoms with E-state index in [1.54, 1.807) is 11.3 Å². The average Bonchev–Trinajstić information content (AvgIpc) is 2.70. The van der Waals surface area contributed by atoms with Crippen LogP contribution in [0, 0.1) is 19.3 Å². The molecule has 0 atom stereocenters. The highest BCUT2D eigenvalue weighted by Crippen LogP contribution is 2.27. The van der Waals surface area contributed by atoms with Gasteiger partial charge in [-0.05, 0) is 45.1 Å². The van der Waals surface area contributed by atoms with Crippen molar-refractivity contribution in [3.63, 3.8) is 0 Å². The van der Waals surface area contributed by atoms with Crippen molar-refractivity contribution in [2.24, 2.45) is 5.41 Å². The zero-order valence-corrected chi connectivity index (χ0v) is 18.3. The van der Waals surface area contributed by atoms with E-state index in [-0.39, 0.29) is 22.4 Å². The van der Waals surface area contributed by atoms with Gasteiger partial charge in [-0.25, -0.2) is 4.98 Å². The molecule has 144 valence electrons. The normalized spacial score (nSPS) is 12.6. The fraction of sp³-hybridized carbons (Fsp3) is 0.632. The Kier molecular flexibility index (Phi) is 6.23. The molecule has 0 unspecified atom stereocenters. The average molecular weight is 396 g/mol. The molecule has 7 heteroatoms. The second-order valence-electron chi connectivity index (χ2n) is 8.64. The van der Waals surface area contributed by atoms with E-state index in [2.05, 4.69) is 49.9 Å². The van der Waals surface area contributed by atoms with Crippen molar-refractivity contribution in [3.05, 3.63) is 26.6 Å². The summed E-state index contributed by atoms with van der Waals surface area (Å²) in [7, 11) is 0. The molecule has 2 aromatic heterocycles. The number of nitrogens with one attached hydrogen (secondary N) is 2. The van der Waals surface area contributed by atoms with E-state index in [4.69, 9.17) is 0 Å². The van der Waals surface area contributed by atoms with E-state index < -0.39 is 0 Å². The first-order chi connectivity index (χ1) is 11.9. The monoisotopic (exact) mass is 395 g/mol. The Morgan fingerprint density at radius 3 is 2.50 bits per heavy atom. The van der Waals surface area contributed by atoms with Crippen molar-refractivity contribution >= 4 is 39.2 Å². The third-order valence-corrected chi connectivity index (χ3v) is 6.06. The van der Waals surface area contributed by atoms with Crippen LogP contribution in [-0.4, -0.2) is 27.2 Å². The number of H-pyrrole nitrogens is 1. The number of hydrogen-bond donors (Lipinski definition) is 2. The molecule has 0 spiro atoms. The lowest BCUT2D eigenvalue weighted by Crippen LogP contribution is -2.46. The molecule has 2 aromatic rings. The van der Waals surface area contributed by atoms with Gasteiger partial charge >= 0.3 is 0 Å². The lowest BCUT2D eigenvalue weighted by atomic mass is 9.82. The van der Waals surface area contributed by atoms with Crippen LogP contribution < -0.4 is 10.9 Å². The van der Waals surface area contributed by atoms with Gasteiger partial charge in [0.2, 0.25) is 5.91 Å². The number of hydrogen-bond acceptors (Lipinski definition) is 5. The number of thioether (sulfide) groups is 1. The Balaban J connectivity index is 1.94. The maximum atomic E-state index is 12.3. The number of nitrogens with zero attached hydrogens (tertiary/aromatic N) is 1. The van der Waals surface area contributed by atoms with E-state index >= 15 is 0 Å². The van der Waals surface area contributed by atoms with Crippen LogP contribution in [0.1, 0.15) is 57.3 Å². The van der Waals surface area contributed by atoms with Gasteiger partial charge < -0.3 is 10.3 Å². The number of carbonyl (C=O) groups excluding carboxylic acids is 1. The molecular formula is C19H29N3O2S2. The maximum Gasteiger partial charge on any atom is 0.259 e. The lowest BCUT2D eigenvalue weighted by Gasteiger charge is -2.33. The molecule has 0 aliphatic rings. The number of aromatic amines is 1. The van der Waals surface area contributed by atoms with E-state index in [9.17, 15) is 9.59 Å². The van der Waals surface area contributed by atoms with Gasteiger partial charge in [0.15, 0.2) is 0 Å². The molecule has 0 aliphatic heterocycles. The molecule has 0 bridgehead atoms. The Morgan fingerprint density at radius 1 is 1.23 bits per heavy atom. The summed E-state index contributed by atoms with van der Waals surface area (Å²) in [4.78, 5) is 33.8. The van der Waals surface area contributed by atoms with Gasteiger partial charge in [0.1, 0.15) is 10.7 Å². The summed E-state index contributed by atoms with van der Waals surface area (Å²) in [6.07, 6.45) is 0.902. The molecule has 0 aromatic carbocycles. The predicted molar refractivity (Wildman–Crippen MR) is 112 cm³/mol. The number of fused-ring (bicyclic) bond motifs is 1. The first-order valence-electron chi connectivity index (χ1n) is 8.76. The maximum absolute atomic E-state index is 12.3. The smallest absolute Gasteiger partial charge is 0.259 e. The molecule has 0 saturated heterocycles. The molecule has 0 saturated carbocycles. The van der Waals surface area contributed by atoms with Crippen LogP contribution in [0.2, 0.25) is 0 Å². The third-order valence-electron chi connectivity index (χ3n) is 4.01. The summed E-state index contributed by atoms with van der Waals surface area (Å²) < 4.78 is 0. The number of thiophene rings is 1. The fourth-order valence-electron chi connectivity index (χ4n) is 3.39. The van der Waals surface area contributed by atoms with Crippen molar-refractivity contribution in [1.29, 1.82) is 0 Å². The van der Waals surface area contributed by atoms with Crippen molar-refractivity contribution in [3.8, 4) is 0 Å². The Hall–Kier alpha value is -1.34. The summed E-state index contributed by atoms with van der Waals surface area (Å²) in [6, 6.07) is 0. The molecule has 2 rings (SSSR count). The second kappa shape index (κ2) is 7.72. The molecule has 0 fully saturated rings. The van der Waals surface area contributed by atoms with Crippen LogP contribution in [0.4, 0.5) is 0 Å². The number of aryl methyl sites for hydroxylation is 2. The van der Waals surface area contributed by atoms with Crippen molar-refractivity contribution in [1.82, 2.24) is 15.3 Å². The first kappa shape index (κ1) is 21.0. The van der Waals surface area contributed by atoms with Crippen molar-refractivity contribution in [2.75, 3.05) is 5.75 Å². The quantitative estimate of drug-likeness (QED) is 0.770. The van der Waals surface area contributed by atoms with Gasteiger partial charge in [0.05, 0.1) is 16.9 Å². The zero-order valence-electron chi connectivity index (χ0n) is 16.7. The molecule has 5 nitrogen and oxygen atoms in total. The minimum Gasteiger partial charge on any atom is -0.350 e. The largest absolute Gasteiger partial charge is 0.350 e. The number of carbonyl (C=O) groups is 1. The fourth-order valence-corrected chi connectivity index (χ4v) is 5.13. The highest BCUT2D eigenvalue weighted by atomic mass is 32.2. The molecule has 2 N–H and O–H groups in total. The number of rotatable bonds is 6. The second-order valence-corrected chi connectivity index (χ2v) is 10.8. The van der Waals surface area contributed by atoms with Crippen LogP contribution in [0.25, 0.3) is 10.2 Å². The van der Waals surface area contributed by atoms with Crippen molar-refractivity contribution < 1.29 is 4.79 Å². The molecule has 1 amide bonds. The van der Waals surface area contributed by atoms with Crippen molar-refractivity contribution in [2.45, 2.75) is 66.2 Å². The minimum atomic E-state index is -0.243. The van der Waals surface area contributed by atoms with Gasteiger partial charge in [-0.3, -0.25) is 9.59 Å².